The SMILES string of the molecule is CCN(CC)C(=O)N1CCCC(Cc2ncc(C)n2C(C)C)C1. The predicted molar refractivity (Wildman–Crippen MR) is 93.7 cm³/mol. The third-order valence-electron chi connectivity index (χ3n) is 4.87. The van der Waals surface area contributed by atoms with Gasteiger partial charge in [-0.05, 0) is 53.4 Å². The zero-order valence-corrected chi connectivity index (χ0v) is 15.4. The van der Waals surface area contributed by atoms with Crippen LogP contribution >= 0.6 is 0 Å². The van der Waals surface area contributed by atoms with Crippen LogP contribution in [0.2, 0.25) is 0 Å². The van der Waals surface area contributed by atoms with E-state index in [0.29, 0.717) is 12.0 Å². The lowest BCUT2D eigenvalue weighted by molar-refractivity contribution is 0.131. The molecule has 1 atom stereocenters. The summed E-state index contributed by atoms with van der Waals surface area (Å²) in [5.41, 5.74) is 1.22. The zero-order valence-electron chi connectivity index (χ0n) is 15.4. The zero-order chi connectivity index (χ0) is 17.0. The van der Waals surface area contributed by atoms with Gasteiger partial charge in [0.25, 0.3) is 0 Å². The Morgan fingerprint density at radius 1 is 1.39 bits per heavy atom. The quantitative estimate of drug-likeness (QED) is 0.833. The van der Waals surface area contributed by atoms with Gasteiger partial charge in [-0.15, -0.1) is 0 Å². The highest BCUT2D eigenvalue weighted by Crippen LogP contribution is 2.23. The average Bonchev–Trinajstić information content (AvgIpc) is 2.89. The van der Waals surface area contributed by atoms with Crippen LogP contribution in [0.3, 0.4) is 0 Å². The molecular formula is C18H32N4O. The summed E-state index contributed by atoms with van der Waals surface area (Å²) in [5, 5.41) is 0. The highest BCUT2D eigenvalue weighted by atomic mass is 16.2. The highest BCUT2D eigenvalue weighted by Gasteiger charge is 2.27. The number of nitrogens with zero attached hydrogens (tertiary/aromatic N) is 4. The molecule has 1 aliphatic heterocycles. The molecule has 0 bridgehead atoms. The van der Waals surface area contributed by atoms with Crippen LogP contribution < -0.4 is 0 Å². The molecule has 5 heteroatoms. The number of carbonyl (C=O) groups is 1. The number of aromatic nitrogens is 2. The molecule has 0 radical (unpaired) electrons. The molecule has 2 rings (SSSR count). The van der Waals surface area contributed by atoms with Crippen molar-refractivity contribution in [3.8, 4) is 0 Å². The van der Waals surface area contributed by atoms with Crippen LogP contribution in [0.25, 0.3) is 0 Å². The van der Waals surface area contributed by atoms with Gasteiger partial charge < -0.3 is 14.4 Å². The van der Waals surface area contributed by atoms with Gasteiger partial charge in [-0.2, -0.15) is 0 Å². The standard InChI is InChI=1S/C18H32N4O/c1-6-20(7-2)18(23)21-10-8-9-16(13-21)11-17-19-12-15(5)22(17)14(3)4/h12,14,16H,6-11,13H2,1-5H3. The average molecular weight is 320 g/mol. The maximum Gasteiger partial charge on any atom is 0.319 e. The van der Waals surface area contributed by atoms with Crippen molar-refractivity contribution in [3.63, 3.8) is 0 Å². The molecular weight excluding hydrogens is 288 g/mol. The molecule has 0 saturated carbocycles. The van der Waals surface area contributed by atoms with E-state index in [1.807, 2.05) is 29.8 Å². The van der Waals surface area contributed by atoms with Gasteiger partial charge in [-0.1, -0.05) is 0 Å². The smallest absolute Gasteiger partial charge is 0.319 e. The van der Waals surface area contributed by atoms with Gasteiger partial charge in [0.1, 0.15) is 5.82 Å². The minimum absolute atomic E-state index is 0.197. The van der Waals surface area contributed by atoms with E-state index in [9.17, 15) is 4.79 Å². The van der Waals surface area contributed by atoms with Crippen LogP contribution in [0.5, 0.6) is 0 Å². The number of hydrogen-bond acceptors (Lipinski definition) is 2. The fourth-order valence-corrected chi connectivity index (χ4v) is 3.71. The molecule has 1 fully saturated rings. The Morgan fingerprint density at radius 3 is 2.70 bits per heavy atom. The second-order valence-corrected chi connectivity index (χ2v) is 6.89. The third kappa shape index (κ3) is 4.06. The molecule has 1 aliphatic rings. The number of aryl methyl sites for hydroxylation is 1. The summed E-state index contributed by atoms with van der Waals surface area (Å²) >= 11 is 0. The van der Waals surface area contributed by atoms with Gasteiger partial charge in [-0.25, -0.2) is 9.78 Å². The highest BCUT2D eigenvalue weighted by molar-refractivity contribution is 5.74. The van der Waals surface area contributed by atoms with Crippen molar-refractivity contribution in [1.82, 2.24) is 19.4 Å². The minimum atomic E-state index is 0.197. The van der Waals surface area contributed by atoms with Crippen molar-refractivity contribution in [2.45, 2.75) is 59.9 Å². The lowest BCUT2D eigenvalue weighted by Crippen LogP contribution is -2.47. The van der Waals surface area contributed by atoms with E-state index in [2.05, 4.69) is 30.3 Å². The Balaban J connectivity index is 2.03. The number of hydrogen-bond donors (Lipinski definition) is 0. The largest absolute Gasteiger partial charge is 0.330 e. The maximum absolute atomic E-state index is 12.6. The Labute approximate surface area is 140 Å². The van der Waals surface area contributed by atoms with Gasteiger partial charge >= 0.3 is 6.03 Å². The maximum atomic E-state index is 12.6. The van der Waals surface area contributed by atoms with Crippen molar-refractivity contribution in [2.24, 2.45) is 5.92 Å². The number of likely N-dealkylation sites (tertiary alicyclic amines) is 1. The second-order valence-electron chi connectivity index (χ2n) is 6.89. The van der Waals surface area contributed by atoms with Gasteiger partial charge in [0, 0.05) is 50.5 Å². The molecule has 130 valence electrons. The molecule has 2 amide bonds. The number of urea groups is 1. The van der Waals surface area contributed by atoms with Crippen molar-refractivity contribution in [2.75, 3.05) is 26.2 Å². The molecule has 5 nitrogen and oxygen atoms in total. The summed E-state index contributed by atoms with van der Waals surface area (Å²) < 4.78 is 2.32. The normalized spacial score (nSPS) is 18.5. The Hall–Kier alpha value is -1.52. The topological polar surface area (TPSA) is 41.4 Å². The van der Waals surface area contributed by atoms with E-state index in [1.165, 1.54) is 17.9 Å². The van der Waals surface area contributed by atoms with E-state index in [1.54, 1.807) is 0 Å². The summed E-state index contributed by atoms with van der Waals surface area (Å²) in [6.45, 7) is 13.9. The van der Waals surface area contributed by atoms with Crippen molar-refractivity contribution in [3.05, 3.63) is 17.7 Å². The Morgan fingerprint density at radius 2 is 2.09 bits per heavy atom. The summed E-state index contributed by atoms with van der Waals surface area (Å²) in [6.07, 6.45) is 5.22. The van der Waals surface area contributed by atoms with Crippen LogP contribution in [0.1, 0.15) is 58.1 Å². The van der Waals surface area contributed by atoms with Crippen LogP contribution in [0.15, 0.2) is 6.20 Å². The van der Waals surface area contributed by atoms with Crippen LogP contribution in [-0.2, 0) is 6.42 Å². The first kappa shape index (κ1) is 17.8. The van der Waals surface area contributed by atoms with E-state index in [4.69, 9.17) is 0 Å². The number of rotatable bonds is 5. The van der Waals surface area contributed by atoms with E-state index in [0.717, 1.165) is 39.0 Å². The first-order chi connectivity index (χ1) is 11.0. The van der Waals surface area contributed by atoms with Crippen molar-refractivity contribution in [1.29, 1.82) is 0 Å². The number of amides is 2. The molecule has 1 unspecified atom stereocenters. The lowest BCUT2D eigenvalue weighted by atomic mass is 9.94. The molecule has 0 aliphatic carbocycles. The van der Waals surface area contributed by atoms with Gasteiger partial charge in [-0.3, -0.25) is 0 Å². The fraction of sp³-hybridized carbons (Fsp3) is 0.778. The first-order valence-corrected chi connectivity index (χ1v) is 9.04. The Kier molecular flexibility index (Phi) is 6.08. The molecule has 0 spiro atoms. The third-order valence-corrected chi connectivity index (χ3v) is 4.87. The van der Waals surface area contributed by atoms with Crippen molar-refractivity contribution >= 4 is 6.03 Å². The summed E-state index contributed by atoms with van der Waals surface area (Å²) in [6, 6.07) is 0.632. The first-order valence-electron chi connectivity index (χ1n) is 9.04. The van der Waals surface area contributed by atoms with Crippen LogP contribution in [0.4, 0.5) is 4.79 Å². The van der Waals surface area contributed by atoms with E-state index in [-0.39, 0.29) is 6.03 Å². The minimum Gasteiger partial charge on any atom is -0.330 e. The van der Waals surface area contributed by atoms with E-state index >= 15 is 0 Å². The summed E-state index contributed by atoms with van der Waals surface area (Å²) in [4.78, 5) is 21.1. The molecule has 0 aromatic carbocycles. The summed E-state index contributed by atoms with van der Waals surface area (Å²) in [7, 11) is 0. The Bertz CT molecular complexity index is 519. The molecule has 1 aromatic heterocycles. The number of carbonyl (C=O) groups excluding carboxylic acids is 1. The van der Waals surface area contributed by atoms with Gasteiger partial charge in [0.05, 0.1) is 0 Å². The second kappa shape index (κ2) is 7.84. The predicted octanol–water partition coefficient (Wildman–Crippen LogP) is 3.49. The van der Waals surface area contributed by atoms with Crippen molar-refractivity contribution < 1.29 is 4.79 Å². The molecule has 0 N–H and O–H groups in total. The van der Waals surface area contributed by atoms with E-state index < -0.39 is 0 Å². The van der Waals surface area contributed by atoms with Crippen LogP contribution in [0, 0.1) is 12.8 Å². The molecule has 23 heavy (non-hydrogen) atoms. The summed E-state index contributed by atoms with van der Waals surface area (Å²) in [5.74, 6) is 1.68. The molecule has 1 aromatic rings. The lowest BCUT2D eigenvalue weighted by Gasteiger charge is -2.36. The number of imidazole rings is 1. The number of piperidine rings is 1. The molecule has 2 heterocycles. The monoisotopic (exact) mass is 320 g/mol. The molecule has 1 saturated heterocycles. The fourth-order valence-electron chi connectivity index (χ4n) is 3.71. The van der Waals surface area contributed by atoms with Gasteiger partial charge in [0.15, 0.2) is 0 Å². The van der Waals surface area contributed by atoms with Gasteiger partial charge in [0.2, 0.25) is 0 Å². The van der Waals surface area contributed by atoms with Crippen LogP contribution in [-0.4, -0.2) is 51.6 Å².